The maximum Gasteiger partial charge on any atom is 0.220 e. The van der Waals surface area contributed by atoms with Crippen LogP contribution in [0.4, 0.5) is 0 Å². The Kier molecular flexibility index (Phi) is 4.97. The van der Waals surface area contributed by atoms with Gasteiger partial charge in [0.25, 0.3) is 0 Å². The topological polar surface area (TPSA) is 29.1 Å². The smallest absolute Gasteiger partial charge is 0.220 e. The molecule has 1 amide bonds. The van der Waals surface area contributed by atoms with Gasteiger partial charge in [0.05, 0.1) is 0 Å². The first kappa shape index (κ1) is 18.9. The van der Waals surface area contributed by atoms with Gasteiger partial charge in [-0.05, 0) is 72.8 Å². The van der Waals surface area contributed by atoms with E-state index >= 15 is 0 Å². The molecule has 4 aliphatic rings. The predicted octanol–water partition coefficient (Wildman–Crippen LogP) is 5.38. The summed E-state index contributed by atoms with van der Waals surface area (Å²) < 4.78 is 0. The molecule has 0 atom stereocenters. The zero-order valence-corrected chi connectivity index (χ0v) is 17.5. The van der Waals surface area contributed by atoms with Gasteiger partial charge >= 0.3 is 0 Å². The van der Waals surface area contributed by atoms with Crippen molar-refractivity contribution in [3.63, 3.8) is 0 Å². The Labute approximate surface area is 175 Å². The highest BCUT2D eigenvalue weighted by Crippen LogP contribution is 2.65. The summed E-state index contributed by atoms with van der Waals surface area (Å²) in [5.74, 6) is 4.24. The van der Waals surface area contributed by atoms with E-state index in [4.69, 9.17) is 0 Å². The van der Waals surface area contributed by atoms with E-state index in [1.807, 2.05) is 6.07 Å². The first-order valence-corrected chi connectivity index (χ1v) is 11.5. The normalized spacial score (nSPS) is 34.9. The molecule has 0 aromatic heterocycles. The maximum atomic E-state index is 13.2. The summed E-state index contributed by atoms with van der Waals surface area (Å²) in [5, 5.41) is 3.25. The zero-order valence-electron chi connectivity index (χ0n) is 17.5. The maximum absolute atomic E-state index is 13.2. The average Bonchev–Trinajstić information content (AvgIpc) is 2.74. The second-order valence-corrected chi connectivity index (χ2v) is 9.88. The van der Waals surface area contributed by atoms with Gasteiger partial charge in [-0.15, -0.1) is 0 Å². The Bertz CT molecular complexity index is 813. The second kappa shape index (κ2) is 7.63. The van der Waals surface area contributed by atoms with Gasteiger partial charge in [-0.1, -0.05) is 67.6 Å². The van der Waals surface area contributed by atoms with Gasteiger partial charge in [0, 0.05) is 18.4 Å². The largest absolute Gasteiger partial charge is 0.356 e. The number of nitrogens with one attached hydrogen (secondary N) is 1. The summed E-state index contributed by atoms with van der Waals surface area (Å²) in [6, 6.07) is 21.5. The molecule has 0 aliphatic heterocycles. The second-order valence-electron chi connectivity index (χ2n) is 9.88. The Morgan fingerprint density at radius 1 is 0.897 bits per heavy atom. The molecule has 4 saturated carbocycles. The first-order chi connectivity index (χ1) is 14.2. The van der Waals surface area contributed by atoms with Crippen LogP contribution in [0.3, 0.4) is 0 Å². The Morgan fingerprint density at radius 3 is 2.03 bits per heavy atom. The third kappa shape index (κ3) is 3.31. The quantitative estimate of drug-likeness (QED) is 0.709. The van der Waals surface area contributed by atoms with Gasteiger partial charge in [-0.3, -0.25) is 4.79 Å². The van der Waals surface area contributed by atoms with Crippen molar-refractivity contribution in [2.75, 3.05) is 6.54 Å². The van der Waals surface area contributed by atoms with Crippen molar-refractivity contribution >= 4 is 5.91 Å². The number of amides is 1. The fraction of sp³-hybridized carbons (Fsp3) is 0.519. The summed E-state index contributed by atoms with van der Waals surface area (Å²) in [5.41, 5.74) is 2.75. The van der Waals surface area contributed by atoms with Crippen LogP contribution in [0, 0.1) is 29.6 Å². The molecular formula is C27H33NO. The highest BCUT2D eigenvalue weighted by atomic mass is 16.1. The van der Waals surface area contributed by atoms with E-state index < -0.39 is 0 Å². The van der Waals surface area contributed by atoms with Crippen LogP contribution in [0.25, 0.3) is 0 Å². The number of hydrogen-bond donors (Lipinski definition) is 1. The molecule has 2 heteroatoms. The summed E-state index contributed by atoms with van der Waals surface area (Å²) in [7, 11) is 0. The summed E-state index contributed by atoms with van der Waals surface area (Å²) in [6.07, 6.45) is 6.84. The average molecular weight is 388 g/mol. The molecule has 0 saturated heterocycles. The summed E-state index contributed by atoms with van der Waals surface area (Å²) >= 11 is 0. The lowest BCUT2D eigenvalue weighted by Crippen LogP contribution is -2.59. The van der Waals surface area contributed by atoms with Crippen LogP contribution in [0.2, 0.25) is 0 Å². The first-order valence-electron chi connectivity index (χ1n) is 11.5. The molecule has 0 spiro atoms. The molecular weight excluding hydrogens is 354 g/mol. The van der Waals surface area contributed by atoms with Crippen molar-refractivity contribution in [3.05, 3.63) is 71.8 Å². The molecule has 4 fully saturated rings. The number of hydrogen-bond acceptors (Lipinski definition) is 1. The molecule has 4 aliphatic carbocycles. The van der Waals surface area contributed by atoms with E-state index in [-0.39, 0.29) is 11.3 Å². The van der Waals surface area contributed by atoms with Crippen molar-refractivity contribution in [1.82, 2.24) is 5.32 Å². The van der Waals surface area contributed by atoms with Crippen LogP contribution < -0.4 is 5.32 Å². The third-order valence-electron chi connectivity index (χ3n) is 8.64. The van der Waals surface area contributed by atoms with Gasteiger partial charge in [0.2, 0.25) is 5.91 Å². The molecule has 152 valence electrons. The van der Waals surface area contributed by atoms with Gasteiger partial charge in [0.15, 0.2) is 0 Å². The van der Waals surface area contributed by atoms with Crippen molar-refractivity contribution < 1.29 is 4.79 Å². The number of carbonyl (C=O) groups is 1. The van der Waals surface area contributed by atoms with Crippen molar-refractivity contribution in [2.24, 2.45) is 29.6 Å². The lowest BCUT2D eigenvalue weighted by atomic mass is 9.41. The molecule has 2 aromatic carbocycles. The number of benzene rings is 2. The predicted molar refractivity (Wildman–Crippen MR) is 117 cm³/mol. The molecule has 1 N–H and O–H groups in total. The van der Waals surface area contributed by atoms with E-state index in [9.17, 15) is 4.79 Å². The van der Waals surface area contributed by atoms with Crippen LogP contribution in [-0.4, -0.2) is 12.5 Å². The minimum atomic E-state index is 0.0469. The van der Waals surface area contributed by atoms with E-state index in [0.717, 1.165) is 30.7 Å². The van der Waals surface area contributed by atoms with Crippen LogP contribution in [0.1, 0.15) is 50.2 Å². The van der Waals surface area contributed by atoms with Gasteiger partial charge in [-0.2, -0.15) is 0 Å². The van der Waals surface area contributed by atoms with Crippen molar-refractivity contribution in [1.29, 1.82) is 0 Å². The van der Waals surface area contributed by atoms with Crippen LogP contribution in [0.5, 0.6) is 0 Å². The summed E-state index contributed by atoms with van der Waals surface area (Å²) in [4.78, 5) is 13.2. The minimum absolute atomic E-state index is 0.0469. The van der Waals surface area contributed by atoms with E-state index in [0.29, 0.717) is 18.3 Å². The highest BCUT2D eigenvalue weighted by molar-refractivity contribution is 5.78. The lowest BCUT2D eigenvalue weighted by molar-refractivity contribution is -0.133. The highest BCUT2D eigenvalue weighted by Gasteiger charge is 2.60. The molecule has 6 rings (SSSR count). The minimum Gasteiger partial charge on any atom is -0.356 e. The Morgan fingerprint density at radius 2 is 1.45 bits per heavy atom. The molecule has 2 nitrogen and oxygen atoms in total. The third-order valence-corrected chi connectivity index (χ3v) is 8.64. The van der Waals surface area contributed by atoms with Crippen molar-refractivity contribution in [3.8, 4) is 0 Å². The molecule has 0 radical (unpaired) electrons. The number of rotatable bonds is 6. The molecule has 29 heavy (non-hydrogen) atoms. The van der Waals surface area contributed by atoms with E-state index in [1.54, 1.807) is 0 Å². The van der Waals surface area contributed by atoms with Gasteiger partial charge in [-0.25, -0.2) is 0 Å². The number of carbonyl (C=O) groups excluding carboxylic acids is 1. The standard InChI is InChI=1S/C27H33NO/c1-19-21-14-24-16-22(19)17-25(15-21)27(24,23-10-6-3-7-11-23)18-26(29)28-13-12-20-8-4-2-5-9-20/h2-11,19,21-22,24-25H,12-18H2,1H3,(H,28,29). The molecule has 4 bridgehead atoms. The zero-order chi connectivity index (χ0) is 19.8. The van der Waals surface area contributed by atoms with Crippen molar-refractivity contribution in [2.45, 2.75) is 50.9 Å². The summed E-state index contributed by atoms with van der Waals surface area (Å²) in [6.45, 7) is 3.21. The molecule has 0 heterocycles. The Balaban J connectivity index is 1.35. The monoisotopic (exact) mass is 387 g/mol. The molecule has 2 aromatic rings. The Hall–Kier alpha value is -2.09. The van der Waals surface area contributed by atoms with Crippen LogP contribution in [0.15, 0.2) is 60.7 Å². The SMILES string of the molecule is CC1C2CC3CC1CC(C2)C3(CC(=O)NCCc1ccccc1)c1ccccc1. The van der Waals surface area contributed by atoms with Crippen LogP contribution >= 0.6 is 0 Å². The van der Waals surface area contributed by atoms with Gasteiger partial charge < -0.3 is 5.32 Å². The van der Waals surface area contributed by atoms with E-state index in [1.165, 1.54) is 36.8 Å². The fourth-order valence-electron chi connectivity index (χ4n) is 7.19. The van der Waals surface area contributed by atoms with E-state index in [2.05, 4.69) is 66.8 Å². The van der Waals surface area contributed by atoms with Gasteiger partial charge in [0.1, 0.15) is 0 Å². The lowest BCUT2D eigenvalue weighted by Gasteiger charge is -2.63. The van der Waals surface area contributed by atoms with Crippen LogP contribution in [-0.2, 0) is 16.6 Å². The molecule has 0 unspecified atom stereocenters. The fourth-order valence-corrected chi connectivity index (χ4v) is 7.19.